The van der Waals surface area contributed by atoms with Gasteiger partial charge in [0.05, 0.1) is 5.54 Å². The molecule has 1 aliphatic carbocycles. The Morgan fingerprint density at radius 1 is 1.20 bits per heavy atom. The first kappa shape index (κ1) is 19.0. The molecule has 0 aliphatic heterocycles. The largest absolute Gasteiger partial charge is 0.461 e. The number of nitrogens with one attached hydrogen (secondary N) is 2. The Bertz CT molecular complexity index is 675. The highest BCUT2D eigenvalue weighted by atomic mass is 16.4. The molecular weight excluding hydrogens is 319 g/mol. The van der Waals surface area contributed by atoms with E-state index in [1.54, 1.807) is 48.6 Å². The highest BCUT2D eigenvalue weighted by Gasteiger charge is 2.43. The Kier molecular flexibility index (Phi) is 6.17. The molecule has 2 amide bonds. The number of amides is 2. The molecule has 0 bridgehead atoms. The van der Waals surface area contributed by atoms with Crippen molar-refractivity contribution in [2.24, 2.45) is 5.92 Å². The van der Waals surface area contributed by atoms with Crippen molar-refractivity contribution in [1.29, 1.82) is 0 Å². The lowest BCUT2D eigenvalue weighted by Gasteiger charge is -2.39. The van der Waals surface area contributed by atoms with E-state index in [0.29, 0.717) is 12.1 Å². The molecule has 0 radical (unpaired) electrons. The van der Waals surface area contributed by atoms with Gasteiger partial charge in [0.2, 0.25) is 11.8 Å². The van der Waals surface area contributed by atoms with Gasteiger partial charge in [0, 0.05) is 11.5 Å². The third kappa shape index (κ3) is 4.38. The molecule has 0 saturated heterocycles. The van der Waals surface area contributed by atoms with Crippen LogP contribution in [0.2, 0.25) is 5.82 Å². The molecule has 3 atom stereocenters. The first-order valence-electron chi connectivity index (χ1n) is 8.29. The minimum atomic E-state index is -1.62. The maximum Gasteiger partial charge on any atom is 0.461 e. The quantitative estimate of drug-likeness (QED) is 0.465. The summed E-state index contributed by atoms with van der Waals surface area (Å²) in [6.07, 6.45) is 7.28. The molecule has 7 heteroatoms. The molecule has 25 heavy (non-hydrogen) atoms. The molecule has 0 spiro atoms. The van der Waals surface area contributed by atoms with Gasteiger partial charge < -0.3 is 20.7 Å². The summed E-state index contributed by atoms with van der Waals surface area (Å²) < 4.78 is 0. The van der Waals surface area contributed by atoms with Crippen molar-refractivity contribution < 1.29 is 19.6 Å². The van der Waals surface area contributed by atoms with Crippen molar-refractivity contribution in [2.75, 3.05) is 5.32 Å². The minimum Gasteiger partial charge on any atom is -0.427 e. The van der Waals surface area contributed by atoms with Crippen molar-refractivity contribution in [3.05, 3.63) is 54.6 Å². The Balaban J connectivity index is 2.09. The van der Waals surface area contributed by atoms with E-state index in [-0.39, 0.29) is 0 Å². The van der Waals surface area contributed by atoms with E-state index in [1.807, 2.05) is 13.0 Å². The topological polar surface area (TPSA) is 98.7 Å². The predicted molar refractivity (Wildman–Crippen MR) is 97.6 cm³/mol. The van der Waals surface area contributed by atoms with Crippen LogP contribution < -0.4 is 10.6 Å². The number of benzene rings is 1. The Labute approximate surface area is 147 Å². The molecule has 0 saturated carbocycles. The van der Waals surface area contributed by atoms with Gasteiger partial charge >= 0.3 is 7.12 Å². The SMILES string of the molecule is CC[C@]1(NC(=O)C(C)C(=O)Nc2ccccc2)C=CC=CC1B(O)O. The van der Waals surface area contributed by atoms with Gasteiger partial charge in [0.15, 0.2) is 0 Å². The standard InChI is InChI=1S/C18H23BN2O4/c1-3-18(12-8-7-11-15(18)19(24)25)21-17(23)13(2)16(22)20-14-9-5-4-6-10-14/h4-13,15,24-25H,3H2,1-2H3,(H,20,22)(H,21,23)/t13?,15?,18-/m0/s1. The second-order valence-electron chi connectivity index (χ2n) is 6.14. The fraction of sp³-hybridized carbons (Fsp3) is 0.333. The molecule has 132 valence electrons. The average Bonchev–Trinajstić information content (AvgIpc) is 2.61. The number of carbonyl (C=O) groups is 2. The van der Waals surface area contributed by atoms with Crippen LogP contribution in [-0.4, -0.2) is 34.5 Å². The van der Waals surface area contributed by atoms with Crippen molar-refractivity contribution in [2.45, 2.75) is 31.6 Å². The first-order chi connectivity index (χ1) is 11.9. The van der Waals surface area contributed by atoms with Gasteiger partial charge in [-0.15, -0.1) is 0 Å². The maximum atomic E-state index is 12.6. The van der Waals surface area contributed by atoms with Crippen LogP contribution in [0.1, 0.15) is 20.3 Å². The Morgan fingerprint density at radius 2 is 1.88 bits per heavy atom. The maximum absolute atomic E-state index is 12.6. The van der Waals surface area contributed by atoms with Crippen LogP contribution in [-0.2, 0) is 9.59 Å². The number of para-hydroxylation sites is 1. The van der Waals surface area contributed by atoms with Gasteiger partial charge in [-0.2, -0.15) is 0 Å². The first-order valence-corrected chi connectivity index (χ1v) is 8.29. The number of rotatable bonds is 6. The van der Waals surface area contributed by atoms with Gasteiger partial charge in [-0.1, -0.05) is 49.4 Å². The van der Waals surface area contributed by atoms with Crippen molar-refractivity contribution in [1.82, 2.24) is 5.32 Å². The molecule has 1 aliphatic rings. The number of allylic oxidation sites excluding steroid dienone is 2. The van der Waals surface area contributed by atoms with Crippen LogP contribution in [0.25, 0.3) is 0 Å². The zero-order chi connectivity index (χ0) is 18.4. The smallest absolute Gasteiger partial charge is 0.427 e. The Morgan fingerprint density at radius 3 is 2.48 bits per heavy atom. The molecule has 6 nitrogen and oxygen atoms in total. The van der Waals surface area contributed by atoms with Crippen molar-refractivity contribution in [3.8, 4) is 0 Å². The molecule has 0 fully saturated rings. The van der Waals surface area contributed by atoms with E-state index in [0.717, 1.165) is 0 Å². The van der Waals surface area contributed by atoms with Crippen LogP contribution in [0.4, 0.5) is 5.69 Å². The van der Waals surface area contributed by atoms with Crippen LogP contribution in [0.5, 0.6) is 0 Å². The summed E-state index contributed by atoms with van der Waals surface area (Å²) in [5.41, 5.74) is -0.331. The fourth-order valence-corrected chi connectivity index (χ4v) is 2.85. The second kappa shape index (κ2) is 8.14. The molecule has 2 rings (SSSR count). The molecule has 1 aromatic carbocycles. The van der Waals surface area contributed by atoms with E-state index < -0.39 is 36.2 Å². The summed E-state index contributed by atoms with van der Waals surface area (Å²) in [4.78, 5) is 24.9. The average molecular weight is 342 g/mol. The van der Waals surface area contributed by atoms with E-state index in [9.17, 15) is 19.6 Å². The molecule has 2 unspecified atom stereocenters. The van der Waals surface area contributed by atoms with E-state index in [2.05, 4.69) is 10.6 Å². The highest BCUT2D eigenvalue weighted by Crippen LogP contribution is 2.34. The summed E-state index contributed by atoms with van der Waals surface area (Å²) >= 11 is 0. The summed E-state index contributed by atoms with van der Waals surface area (Å²) in [6, 6.07) is 8.89. The van der Waals surface area contributed by atoms with Crippen LogP contribution >= 0.6 is 0 Å². The minimum absolute atomic E-state index is 0.425. The molecule has 1 aromatic rings. The fourth-order valence-electron chi connectivity index (χ4n) is 2.85. The lowest BCUT2D eigenvalue weighted by atomic mass is 9.59. The summed E-state index contributed by atoms with van der Waals surface area (Å²) in [5, 5.41) is 24.8. The van der Waals surface area contributed by atoms with Gasteiger partial charge in [-0.25, -0.2) is 0 Å². The van der Waals surface area contributed by atoms with Gasteiger partial charge in [-0.3, -0.25) is 9.59 Å². The summed E-state index contributed by atoms with van der Waals surface area (Å²) in [5.74, 6) is -2.51. The second-order valence-corrected chi connectivity index (χ2v) is 6.14. The van der Waals surface area contributed by atoms with E-state index in [4.69, 9.17) is 0 Å². The predicted octanol–water partition coefficient (Wildman–Crippen LogP) is 1.50. The zero-order valence-electron chi connectivity index (χ0n) is 14.3. The van der Waals surface area contributed by atoms with Crippen LogP contribution in [0, 0.1) is 5.92 Å². The highest BCUT2D eigenvalue weighted by molar-refractivity contribution is 6.44. The third-order valence-electron chi connectivity index (χ3n) is 4.51. The van der Waals surface area contributed by atoms with Crippen LogP contribution in [0.15, 0.2) is 54.6 Å². The molecule has 4 N–H and O–H groups in total. The normalized spacial score (nSPS) is 23.0. The van der Waals surface area contributed by atoms with E-state index >= 15 is 0 Å². The summed E-state index contributed by atoms with van der Waals surface area (Å²) in [7, 11) is -1.62. The molecule has 0 aromatic heterocycles. The van der Waals surface area contributed by atoms with Gasteiger partial charge in [0.25, 0.3) is 0 Å². The van der Waals surface area contributed by atoms with Crippen molar-refractivity contribution >= 4 is 24.6 Å². The number of anilines is 1. The number of hydrogen-bond acceptors (Lipinski definition) is 4. The summed E-state index contributed by atoms with van der Waals surface area (Å²) in [6.45, 7) is 3.36. The number of carbonyl (C=O) groups excluding carboxylic acids is 2. The Hall–Kier alpha value is -2.38. The van der Waals surface area contributed by atoms with Gasteiger partial charge in [0.1, 0.15) is 5.92 Å². The molecular formula is C18H23BN2O4. The van der Waals surface area contributed by atoms with Crippen LogP contribution in [0.3, 0.4) is 0 Å². The zero-order valence-corrected chi connectivity index (χ0v) is 14.3. The van der Waals surface area contributed by atoms with Crippen molar-refractivity contribution in [3.63, 3.8) is 0 Å². The van der Waals surface area contributed by atoms with E-state index in [1.165, 1.54) is 6.92 Å². The third-order valence-corrected chi connectivity index (χ3v) is 4.51. The molecule has 0 heterocycles. The lowest BCUT2D eigenvalue weighted by Crippen LogP contribution is -2.56. The lowest BCUT2D eigenvalue weighted by molar-refractivity contribution is -0.132. The monoisotopic (exact) mass is 342 g/mol. The number of hydrogen-bond donors (Lipinski definition) is 4. The van der Waals surface area contributed by atoms with Gasteiger partial charge in [-0.05, 0) is 25.5 Å².